The lowest BCUT2D eigenvalue weighted by molar-refractivity contribution is 0.188. The molecule has 0 aliphatic heterocycles. The van der Waals surface area contributed by atoms with Crippen molar-refractivity contribution in [2.24, 2.45) is 17.8 Å². The van der Waals surface area contributed by atoms with E-state index in [1.54, 1.807) is 12.1 Å². The molecular weight excluding hydrogens is 390 g/mol. The lowest BCUT2D eigenvalue weighted by Crippen LogP contribution is -2.23. The number of ether oxygens (including phenoxy) is 1. The standard InChI is InChI=1S/C28H40F2O/c1-3-5-6-7-8-9-21-10-12-22(13-11-21)23-14-16-24(17-15-23)25-18-19-26(31-20-4-2)28(30)27(25)29/h5-6,16,18-19,21-23H,3-4,7-15,17,20H2,1-2H3/b6-5-. The monoisotopic (exact) mass is 430 g/mol. The highest BCUT2D eigenvalue weighted by molar-refractivity contribution is 5.67. The Morgan fingerprint density at radius 2 is 1.77 bits per heavy atom. The number of benzene rings is 1. The Morgan fingerprint density at radius 3 is 2.45 bits per heavy atom. The van der Waals surface area contributed by atoms with E-state index in [1.807, 2.05) is 6.92 Å². The molecule has 0 saturated heterocycles. The van der Waals surface area contributed by atoms with Gasteiger partial charge in [-0.05, 0) is 93.2 Å². The predicted octanol–water partition coefficient (Wildman–Crippen LogP) is 8.88. The second-order valence-corrected chi connectivity index (χ2v) is 9.44. The third kappa shape index (κ3) is 6.67. The van der Waals surface area contributed by atoms with Gasteiger partial charge in [0.25, 0.3) is 0 Å². The molecule has 1 nitrogen and oxygen atoms in total. The van der Waals surface area contributed by atoms with Crippen LogP contribution in [0.3, 0.4) is 0 Å². The summed E-state index contributed by atoms with van der Waals surface area (Å²) in [6.45, 7) is 4.54. The number of halogens is 2. The van der Waals surface area contributed by atoms with Gasteiger partial charge in [-0.2, -0.15) is 4.39 Å². The maximum atomic E-state index is 14.6. The maximum absolute atomic E-state index is 14.6. The van der Waals surface area contributed by atoms with Crippen LogP contribution in [0.4, 0.5) is 8.78 Å². The van der Waals surface area contributed by atoms with Crippen molar-refractivity contribution in [1.82, 2.24) is 0 Å². The molecule has 31 heavy (non-hydrogen) atoms. The van der Waals surface area contributed by atoms with Gasteiger partial charge in [-0.15, -0.1) is 0 Å². The minimum absolute atomic E-state index is 0.0236. The van der Waals surface area contributed by atoms with E-state index in [0.717, 1.165) is 49.5 Å². The molecule has 1 unspecified atom stereocenters. The highest BCUT2D eigenvalue weighted by Gasteiger charge is 2.29. The third-order valence-corrected chi connectivity index (χ3v) is 7.25. The molecule has 1 aromatic rings. The molecule has 0 N–H and O–H groups in total. The van der Waals surface area contributed by atoms with E-state index in [2.05, 4.69) is 25.2 Å². The van der Waals surface area contributed by atoms with E-state index in [-0.39, 0.29) is 5.75 Å². The number of hydrogen-bond donors (Lipinski definition) is 0. The number of unbranched alkanes of at least 4 members (excludes halogenated alkanes) is 1. The summed E-state index contributed by atoms with van der Waals surface area (Å²) in [5, 5.41) is 0. The van der Waals surface area contributed by atoms with E-state index in [1.165, 1.54) is 44.9 Å². The Labute approximate surface area is 188 Å². The van der Waals surface area contributed by atoms with Crippen LogP contribution in [0.2, 0.25) is 0 Å². The first-order chi connectivity index (χ1) is 15.1. The molecule has 3 heteroatoms. The van der Waals surface area contributed by atoms with Crippen LogP contribution in [-0.2, 0) is 0 Å². The van der Waals surface area contributed by atoms with Crippen LogP contribution in [0, 0.1) is 29.4 Å². The number of allylic oxidation sites excluding steroid dienone is 4. The van der Waals surface area contributed by atoms with Crippen molar-refractivity contribution < 1.29 is 13.5 Å². The van der Waals surface area contributed by atoms with Gasteiger partial charge >= 0.3 is 0 Å². The molecule has 1 aromatic carbocycles. The normalized spacial score (nSPS) is 24.4. The summed E-state index contributed by atoms with van der Waals surface area (Å²) in [6, 6.07) is 3.27. The molecular formula is C28H40F2O. The summed E-state index contributed by atoms with van der Waals surface area (Å²) in [4.78, 5) is 0. The fourth-order valence-corrected chi connectivity index (χ4v) is 5.39. The molecule has 1 atom stereocenters. The van der Waals surface area contributed by atoms with Gasteiger partial charge in [0.05, 0.1) is 6.61 Å². The van der Waals surface area contributed by atoms with Gasteiger partial charge in [-0.1, -0.05) is 51.3 Å². The van der Waals surface area contributed by atoms with Gasteiger partial charge in [0.1, 0.15) is 0 Å². The van der Waals surface area contributed by atoms with E-state index < -0.39 is 11.6 Å². The molecule has 2 aliphatic carbocycles. The van der Waals surface area contributed by atoms with Gasteiger partial charge < -0.3 is 4.74 Å². The smallest absolute Gasteiger partial charge is 0.201 e. The molecule has 0 amide bonds. The van der Waals surface area contributed by atoms with Crippen LogP contribution < -0.4 is 4.74 Å². The highest BCUT2D eigenvalue weighted by atomic mass is 19.2. The minimum atomic E-state index is -0.850. The van der Waals surface area contributed by atoms with E-state index in [9.17, 15) is 8.78 Å². The van der Waals surface area contributed by atoms with Crippen molar-refractivity contribution in [2.45, 2.75) is 90.9 Å². The van der Waals surface area contributed by atoms with Crippen LogP contribution in [0.5, 0.6) is 5.75 Å². The Bertz CT molecular complexity index is 744. The summed E-state index contributed by atoms with van der Waals surface area (Å²) in [7, 11) is 0. The second kappa shape index (κ2) is 12.4. The van der Waals surface area contributed by atoms with Crippen molar-refractivity contribution in [2.75, 3.05) is 6.61 Å². The Morgan fingerprint density at radius 1 is 0.968 bits per heavy atom. The van der Waals surface area contributed by atoms with Crippen LogP contribution >= 0.6 is 0 Å². The Balaban J connectivity index is 1.48. The van der Waals surface area contributed by atoms with Gasteiger partial charge in [0.2, 0.25) is 5.82 Å². The summed E-state index contributed by atoms with van der Waals surface area (Å²) < 4.78 is 34.3. The fraction of sp³-hybridized carbons (Fsp3) is 0.643. The maximum Gasteiger partial charge on any atom is 0.201 e. The minimum Gasteiger partial charge on any atom is -0.490 e. The van der Waals surface area contributed by atoms with Crippen LogP contribution in [0.15, 0.2) is 30.4 Å². The van der Waals surface area contributed by atoms with Gasteiger partial charge in [-0.3, -0.25) is 0 Å². The van der Waals surface area contributed by atoms with Crippen molar-refractivity contribution in [3.8, 4) is 5.75 Å². The van der Waals surface area contributed by atoms with Crippen molar-refractivity contribution in [3.05, 3.63) is 47.6 Å². The van der Waals surface area contributed by atoms with Gasteiger partial charge in [0, 0.05) is 5.56 Å². The number of hydrogen-bond acceptors (Lipinski definition) is 1. The van der Waals surface area contributed by atoms with Crippen molar-refractivity contribution in [3.63, 3.8) is 0 Å². The Hall–Kier alpha value is -1.64. The van der Waals surface area contributed by atoms with E-state index in [0.29, 0.717) is 18.1 Å². The first-order valence-electron chi connectivity index (χ1n) is 12.6. The molecule has 3 rings (SSSR count). The summed E-state index contributed by atoms with van der Waals surface area (Å²) in [5.41, 5.74) is 1.38. The molecule has 1 fully saturated rings. The summed E-state index contributed by atoms with van der Waals surface area (Å²) >= 11 is 0. The van der Waals surface area contributed by atoms with Crippen molar-refractivity contribution in [1.29, 1.82) is 0 Å². The molecule has 2 aliphatic rings. The predicted molar refractivity (Wildman–Crippen MR) is 126 cm³/mol. The zero-order valence-corrected chi connectivity index (χ0v) is 19.5. The zero-order chi connectivity index (χ0) is 22.1. The van der Waals surface area contributed by atoms with Crippen LogP contribution in [0.1, 0.15) is 96.5 Å². The van der Waals surface area contributed by atoms with Crippen LogP contribution in [0.25, 0.3) is 5.57 Å². The lowest BCUT2D eigenvalue weighted by Gasteiger charge is -2.35. The van der Waals surface area contributed by atoms with E-state index in [4.69, 9.17) is 4.74 Å². The molecule has 172 valence electrons. The molecule has 0 aromatic heterocycles. The molecule has 1 saturated carbocycles. The fourth-order valence-electron chi connectivity index (χ4n) is 5.39. The second-order valence-electron chi connectivity index (χ2n) is 9.44. The summed E-state index contributed by atoms with van der Waals surface area (Å²) in [5.74, 6) is 0.838. The van der Waals surface area contributed by atoms with Crippen LogP contribution in [-0.4, -0.2) is 6.61 Å². The lowest BCUT2D eigenvalue weighted by atomic mass is 9.70. The average Bonchev–Trinajstić information content (AvgIpc) is 2.80. The number of rotatable bonds is 10. The first-order valence-corrected chi connectivity index (χ1v) is 12.6. The largest absolute Gasteiger partial charge is 0.490 e. The molecule has 0 radical (unpaired) electrons. The van der Waals surface area contributed by atoms with Gasteiger partial charge in [0.15, 0.2) is 11.6 Å². The molecule has 0 spiro atoms. The molecule has 0 heterocycles. The van der Waals surface area contributed by atoms with E-state index >= 15 is 0 Å². The Kier molecular flexibility index (Phi) is 9.61. The topological polar surface area (TPSA) is 9.23 Å². The first kappa shape index (κ1) is 24.0. The highest BCUT2D eigenvalue weighted by Crippen LogP contribution is 2.42. The van der Waals surface area contributed by atoms with Crippen molar-refractivity contribution >= 4 is 5.57 Å². The molecule has 0 bridgehead atoms. The average molecular weight is 431 g/mol. The zero-order valence-electron chi connectivity index (χ0n) is 19.5. The quantitative estimate of drug-likeness (QED) is 0.266. The third-order valence-electron chi connectivity index (χ3n) is 7.25. The SMILES string of the molecule is CC/C=C\CCCC1CCC(C2CC=C(c3ccc(OCCC)c(F)c3F)CC2)CC1. The van der Waals surface area contributed by atoms with Gasteiger partial charge in [-0.25, -0.2) is 4.39 Å². The summed E-state index contributed by atoms with van der Waals surface area (Å²) in [6.07, 6.45) is 21.0.